The quantitative estimate of drug-likeness (QED) is 0.808. The highest BCUT2D eigenvalue weighted by molar-refractivity contribution is 7.17. The molecule has 14 heavy (non-hydrogen) atoms. The molecule has 0 bridgehead atoms. The molecule has 0 aliphatic carbocycles. The number of benzene rings is 1. The fraction of sp³-hybridized carbons (Fsp3) is 0.273. The molecule has 0 fully saturated rings. The molecule has 74 valence electrons. The zero-order valence-corrected chi connectivity index (χ0v) is 8.77. The summed E-state index contributed by atoms with van der Waals surface area (Å²) in [5.41, 5.74) is 6.36. The van der Waals surface area contributed by atoms with Crippen molar-refractivity contribution in [1.29, 1.82) is 0 Å². The molecule has 0 spiro atoms. The van der Waals surface area contributed by atoms with Crippen molar-refractivity contribution in [3.8, 4) is 0 Å². The normalized spacial score (nSPS) is 13.4. The first-order valence-electron chi connectivity index (χ1n) is 4.58. The Balaban J connectivity index is 2.48. The van der Waals surface area contributed by atoms with Crippen LogP contribution in [0.15, 0.2) is 23.6 Å². The number of fused-ring (bicyclic) bond motifs is 1. The summed E-state index contributed by atoms with van der Waals surface area (Å²) in [5.74, 6) is -0.141. The summed E-state index contributed by atoms with van der Waals surface area (Å²) in [7, 11) is 0. The number of hydrogen-bond acceptors (Lipinski definition) is 2. The van der Waals surface area contributed by atoms with Crippen molar-refractivity contribution >= 4 is 21.4 Å². The van der Waals surface area contributed by atoms with Gasteiger partial charge in [0.25, 0.3) is 0 Å². The lowest BCUT2D eigenvalue weighted by atomic mass is 10.1. The van der Waals surface area contributed by atoms with Gasteiger partial charge in [0, 0.05) is 10.7 Å². The van der Waals surface area contributed by atoms with Gasteiger partial charge >= 0.3 is 0 Å². The third-order valence-electron chi connectivity index (χ3n) is 2.16. The van der Waals surface area contributed by atoms with Gasteiger partial charge in [-0.05, 0) is 47.9 Å². The highest BCUT2D eigenvalue weighted by Crippen LogP contribution is 2.24. The average Bonchev–Trinajstić information content (AvgIpc) is 2.51. The molecule has 1 unspecified atom stereocenters. The van der Waals surface area contributed by atoms with Crippen LogP contribution in [-0.2, 0) is 6.42 Å². The molecule has 0 aliphatic heterocycles. The van der Waals surface area contributed by atoms with E-state index in [1.807, 2.05) is 24.4 Å². The van der Waals surface area contributed by atoms with E-state index in [1.165, 1.54) is 0 Å². The molecular formula is C11H12FNS. The monoisotopic (exact) mass is 209 g/mol. The second-order valence-corrected chi connectivity index (χ2v) is 4.53. The minimum absolute atomic E-state index is 0.000542. The summed E-state index contributed by atoms with van der Waals surface area (Å²) in [4.78, 5) is 0. The van der Waals surface area contributed by atoms with Crippen molar-refractivity contribution in [3.63, 3.8) is 0 Å². The summed E-state index contributed by atoms with van der Waals surface area (Å²) in [5, 5.41) is 3.08. The van der Waals surface area contributed by atoms with Gasteiger partial charge < -0.3 is 5.73 Å². The molecule has 1 heterocycles. The zero-order chi connectivity index (χ0) is 10.1. The van der Waals surface area contributed by atoms with Gasteiger partial charge in [-0.2, -0.15) is 0 Å². The average molecular weight is 209 g/mol. The Morgan fingerprint density at radius 3 is 3.00 bits per heavy atom. The molecule has 1 atom stereocenters. The van der Waals surface area contributed by atoms with E-state index in [0.29, 0.717) is 12.0 Å². The van der Waals surface area contributed by atoms with Crippen LogP contribution in [-0.4, -0.2) is 6.04 Å². The first-order chi connectivity index (χ1) is 6.66. The van der Waals surface area contributed by atoms with Crippen LogP contribution in [0.2, 0.25) is 0 Å². The van der Waals surface area contributed by atoms with Crippen LogP contribution in [0.3, 0.4) is 0 Å². The largest absolute Gasteiger partial charge is 0.328 e. The number of rotatable bonds is 2. The maximum absolute atomic E-state index is 13.5. The Kier molecular flexibility index (Phi) is 2.52. The second kappa shape index (κ2) is 3.67. The van der Waals surface area contributed by atoms with Crippen LogP contribution in [0.1, 0.15) is 12.5 Å². The summed E-state index contributed by atoms with van der Waals surface area (Å²) in [6, 6.07) is 5.49. The molecule has 0 amide bonds. The van der Waals surface area contributed by atoms with E-state index in [0.717, 1.165) is 10.1 Å². The molecule has 2 N–H and O–H groups in total. The fourth-order valence-corrected chi connectivity index (χ4v) is 2.33. The zero-order valence-electron chi connectivity index (χ0n) is 7.96. The van der Waals surface area contributed by atoms with Crippen LogP contribution in [0, 0.1) is 5.82 Å². The summed E-state index contributed by atoms with van der Waals surface area (Å²) >= 11 is 1.56. The van der Waals surface area contributed by atoms with Gasteiger partial charge in [-0.3, -0.25) is 0 Å². The van der Waals surface area contributed by atoms with E-state index in [-0.39, 0.29) is 11.9 Å². The van der Waals surface area contributed by atoms with E-state index in [9.17, 15) is 4.39 Å². The molecule has 0 aliphatic rings. The van der Waals surface area contributed by atoms with Gasteiger partial charge in [0.1, 0.15) is 5.82 Å². The Bertz CT molecular complexity index is 447. The highest BCUT2D eigenvalue weighted by Gasteiger charge is 2.07. The van der Waals surface area contributed by atoms with Crippen LogP contribution < -0.4 is 5.73 Å². The second-order valence-electron chi connectivity index (χ2n) is 3.58. The molecule has 1 aromatic heterocycles. The molecule has 1 aromatic carbocycles. The van der Waals surface area contributed by atoms with Gasteiger partial charge in [0.2, 0.25) is 0 Å². The topological polar surface area (TPSA) is 26.0 Å². The van der Waals surface area contributed by atoms with Crippen LogP contribution in [0.5, 0.6) is 0 Å². The Labute approximate surface area is 86.4 Å². The maximum Gasteiger partial charge on any atom is 0.127 e. The molecule has 2 aromatic rings. The molecular weight excluding hydrogens is 197 g/mol. The lowest BCUT2D eigenvalue weighted by molar-refractivity contribution is 0.598. The third kappa shape index (κ3) is 1.79. The van der Waals surface area contributed by atoms with Gasteiger partial charge in [0.05, 0.1) is 0 Å². The summed E-state index contributed by atoms with van der Waals surface area (Å²) in [6.45, 7) is 1.89. The van der Waals surface area contributed by atoms with Crippen molar-refractivity contribution in [2.24, 2.45) is 5.73 Å². The third-order valence-corrected chi connectivity index (χ3v) is 3.04. The molecule has 2 rings (SSSR count). The minimum Gasteiger partial charge on any atom is -0.328 e. The van der Waals surface area contributed by atoms with Crippen LogP contribution >= 0.6 is 11.3 Å². The van der Waals surface area contributed by atoms with Crippen LogP contribution in [0.25, 0.3) is 10.1 Å². The molecule has 0 saturated carbocycles. The molecule has 0 saturated heterocycles. The number of thiophene rings is 1. The Morgan fingerprint density at radius 2 is 2.29 bits per heavy atom. The van der Waals surface area contributed by atoms with E-state index < -0.39 is 0 Å². The van der Waals surface area contributed by atoms with E-state index in [2.05, 4.69) is 0 Å². The smallest absolute Gasteiger partial charge is 0.127 e. The van der Waals surface area contributed by atoms with E-state index >= 15 is 0 Å². The van der Waals surface area contributed by atoms with Crippen LogP contribution in [0.4, 0.5) is 4.39 Å². The fourth-order valence-electron chi connectivity index (χ4n) is 1.54. The number of hydrogen-bond donors (Lipinski definition) is 1. The molecule has 1 nitrogen and oxygen atoms in total. The lowest BCUT2D eigenvalue weighted by Gasteiger charge is -2.06. The first kappa shape index (κ1) is 9.62. The lowest BCUT2D eigenvalue weighted by Crippen LogP contribution is -2.18. The maximum atomic E-state index is 13.5. The Hall–Kier alpha value is -0.930. The minimum atomic E-state index is -0.141. The number of nitrogens with two attached hydrogens (primary N) is 1. The van der Waals surface area contributed by atoms with Crippen molar-refractivity contribution in [2.45, 2.75) is 19.4 Å². The van der Waals surface area contributed by atoms with Crippen molar-refractivity contribution in [1.82, 2.24) is 0 Å². The summed E-state index contributed by atoms with van der Waals surface area (Å²) in [6.07, 6.45) is 0.595. The number of halogens is 1. The standard InChI is InChI=1S/C11H12FNS/c1-7(13)4-9-5-8-2-3-14-11(8)6-10(9)12/h2-3,5-7H,4,13H2,1H3. The van der Waals surface area contributed by atoms with E-state index in [1.54, 1.807) is 17.4 Å². The molecule has 0 radical (unpaired) electrons. The highest BCUT2D eigenvalue weighted by atomic mass is 32.1. The van der Waals surface area contributed by atoms with Gasteiger partial charge in [-0.1, -0.05) is 0 Å². The predicted molar refractivity (Wildman–Crippen MR) is 59.1 cm³/mol. The van der Waals surface area contributed by atoms with Crippen molar-refractivity contribution in [2.75, 3.05) is 0 Å². The Morgan fingerprint density at radius 1 is 1.50 bits per heavy atom. The van der Waals surface area contributed by atoms with Gasteiger partial charge in [-0.15, -0.1) is 11.3 Å². The van der Waals surface area contributed by atoms with E-state index in [4.69, 9.17) is 5.73 Å². The predicted octanol–water partition coefficient (Wildman–Crippen LogP) is 2.93. The summed E-state index contributed by atoms with van der Waals surface area (Å²) < 4.78 is 14.5. The van der Waals surface area contributed by atoms with Crippen molar-refractivity contribution in [3.05, 3.63) is 35.0 Å². The molecule has 3 heteroatoms. The van der Waals surface area contributed by atoms with Gasteiger partial charge in [-0.25, -0.2) is 4.39 Å². The van der Waals surface area contributed by atoms with Gasteiger partial charge in [0.15, 0.2) is 0 Å². The first-order valence-corrected chi connectivity index (χ1v) is 5.46. The SMILES string of the molecule is CC(N)Cc1cc2ccsc2cc1F. The van der Waals surface area contributed by atoms with Crippen molar-refractivity contribution < 1.29 is 4.39 Å².